The van der Waals surface area contributed by atoms with Crippen LogP contribution in [-0.4, -0.2) is 16.7 Å². The molecule has 0 aliphatic rings. The van der Waals surface area contributed by atoms with Gasteiger partial charge in [-0.05, 0) is 42.5 Å². The third-order valence-corrected chi connectivity index (χ3v) is 3.68. The second kappa shape index (κ2) is 5.21. The summed E-state index contributed by atoms with van der Waals surface area (Å²) in [5, 5.41) is 0.444. The van der Waals surface area contributed by atoms with Crippen LogP contribution in [0.1, 0.15) is 0 Å². The van der Waals surface area contributed by atoms with Crippen molar-refractivity contribution < 1.29 is 4.74 Å². The van der Waals surface area contributed by atoms with Gasteiger partial charge in [-0.25, -0.2) is 9.36 Å². The van der Waals surface area contributed by atoms with E-state index >= 15 is 0 Å². The number of nitrogens with zero attached hydrogens (tertiary/aromatic N) is 1. The van der Waals surface area contributed by atoms with E-state index in [1.54, 1.807) is 49.6 Å². The molecule has 0 atom stereocenters. The molecule has 0 amide bonds. The van der Waals surface area contributed by atoms with Crippen LogP contribution >= 0.6 is 15.9 Å². The number of halogens is 1. The molecule has 0 saturated carbocycles. The molecule has 1 N–H and O–H groups in total. The van der Waals surface area contributed by atoms with E-state index in [0.29, 0.717) is 22.3 Å². The van der Waals surface area contributed by atoms with Gasteiger partial charge in [0.25, 0.3) is 5.56 Å². The highest BCUT2D eigenvalue weighted by Crippen LogP contribution is 2.16. The van der Waals surface area contributed by atoms with Gasteiger partial charge in [-0.3, -0.25) is 4.79 Å². The number of nitrogens with one attached hydrogen (secondary N) is 1. The highest BCUT2D eigenvalue weighted by atomic mass is 79.9. The minimum Gasteiger partial charge on any atom is -0.497 e. The Hall–Kier alpha value is -2.34. The number of methoxy groups -OCH3 is 1. The standard InChI is InChI=1S/C15H11BrN2O3/c1-21-11-5-3-10(4-6-11)18-14(19)12-8-9(16)2-7-13(12)17-15(18)20/h2-8H,1H3,(H,17,20). The molecule has 106 valence electrons. The molecule has 0 aliphatic heterocycles. The quantitative estimate of drug-likeness (QED) is 0.775. The molecule has 0 spiro atoms. The minimum atomic E-state index is -0.472. The average molecular weight is 347 g/mol. The Balaban J connectivity index is 2.31. The number of fused-ring (bicyclic) bond motifs is 1. The van der Waals surface area contributed by atoms with Crippen LogP contribution in [0, 0.1) is 0 Å². The average Bonchev–Trinajstić information content (AvgIpc) is 2.49. The topological polar surface area (TPSA) is 64.1 Å². The summed E-state index contributed by atoms with van der Waals surface area (Å²) >= 11 is 3.33. The molecule has 1 heterocycles. The normalized spacial score (nSPS) is 10.8. The molecular formula is C15H11BrN2O3. The lowest BCUT2D eigenvalue weighted by molar-refractivity contribution is 0.414. The minimum absolute atomic E-state index is 0.361. The van der Waals surface area contributed by atoms with Gasteiger partial charge < -0.3 is 9.72 Å². The van der Waals surface area contributed by atoms with Gasteiger partial charge in [0.2, 0.25) is 0 Å². The van der Waals surface area contributed by atoms with Crippen LogP contribution in [0.5, 0.6) is 5.75 Å². The van der Waals surface area contributed by atoms with E-state index in [4.69, 9.17) is 4.74 Å². The van der Waals surface area contributed by atoms with Crippen LogP contribution in [0.4, 0.5) is 0 Å². The number of hydrogen-bond acceptors (Lipinski definition) is 3. The summed E-state index contributed by atoms with van der Waals surface area (Å²) in [5.41, 5.74) is 0.169. The van der Waals surface area contributed by atoms with E-state index in [9.17, 15) is 9.59 Å². The second-order valence-electron chi connectivity index (χ2n) is 4.46. The Morgan fingerprint density at radius 2 is 1.81 bits per heavy atom. The van der Waals surface area contributed by atoms with Gasteiger partial charge in [-0.15, -0.1) is 0 Å². The number of rotatable bonds is 2. The third kappa shape index (κ3) is 2.38. The van der Waals surface area contributed by atoms with Crippen molar-refractivity contribution in [3.05, 3.63) is 67.8 Å². The Bertz CT molecular complexity index is 926. The predicted octanol–water partition coefficient (Wildman–Crippen LogP) is 2.45. The zero-order chi connectivity index (χ0) is 15.0. The van der Waals surface area contributed by atoms with Crippen LogP contribution in [0.3, 0.4) is 0 Å². The first-order chi connectivity index (χ1) is 10.1. The zero-order valence-electron chi connectivity index (χ0n) is 11.1. The Labute approximate surface area is 127 Å². The molecule has 21 heavy (non-hydrogen) atoms. The lowest BCUT2D eigenvalue weighted by atomic mass is 10.2. The Morgan fingerprint density at radius 1 is 1.10 bits per heavy atom. The molecular weight excluding hydrogens is 336 g/mol. The molecule has 5 nitrogen and oxygen atoms in total. The van der Waals surface area contributed by atoms with Crippen molar-refractivity contribution >= 4 is 26.8 Å². The summed E-state index contributed by atoms with van der Waals surface area (Å²) < 4.78 is 6.96. The SMILES string of the molecule is COc1ccc(-n2c(=O)[nH]c3ccc(Br)cc3c2=O)cc1. The maximum atomic E-state index is 12.5. The van der Waals surface area contributed by atoms with Crippen molar-refractivity contribution in [1.82, 2.24) is 9.55 Å². The summed E-state index contributed by atoms with van der Waals surface area (Å²) in [6, 6.07) is 11.9. The fraction of sp³-hybridized carbons (Fsp3) is 0.0667. The first-order valence-corrected chi connectivity index (χ1v) is 6.98. The van der Waals surface area contributed by atoms with Crippen LogP contribution in [0.2, 0.25) is 0 Å². The molecule has 1 aromatic heterocycles. The van der Waals surface area contributed by atoms with E-state index in [0.717, 1.165) is 9.04 Å². The number of aromatic nitrogens is 2. The van der Waals surface area contributed by atoms with Gasteiger partial charge in [0.1, 0.15) is 5.75 Å². The first kappa shape index (κ1) is 13.6. The monoisotopic (exact) mass is 346 g/mol. The number of benzene rings is 2. The lowest BCUT2D eigenvalue weighted by Crippen LogP contribution is -2.33. The summed E-state index contributed by atoms with van der Waals surface area (Å²) in [7, 11) is 1.56. The molecule has 0 aliphatic carbocycles. The van der Waals surface area contributed by atoms with Crippen molar-refractivity contribution in [2.24, 2.45) is 0 Å². The fourth-order valence-electron chi connectivity index (χ4n) is 2.15. The maximum absolute atomic E-state index is 12.5. The maximum Gasteiger partial charge on any atom is 0.333 e. The number of ether oxygens (including phenoxy) is 1. The Morgan fingerprint density at radius 3 is 2.48 bits per heavy atom. The molecule has 3 aromatic rings. The largest absolute Gasteiger partial charge is 0.497 e. The summed E-state index contributed by atoms with van der Waals surface area (Å²) in [5.74, 6) is 0.659. The highest BCUT2D eigenvalue weighted by Gasteiger charge is 2.09. The van der Waals surface area contributed by atoms with Gasteiger partial charge in [0.15, 0.2) is 0 Å². The van der Waals surface area contributed by atoms with Crippen LogP contribution in [0.15, 0.2) is 56.5 Å². The van der Waals surface area contributed by atoms with E-state index < -0.39 is 5.69 Å². The van der Waals surface area contributed by atoms with Gasteiger partial charge in [0.05, 0.1) is 23.7 Å². The molecule has 6 heteroatoms. The van der Waals surface area contributed by atoms with Crippen molar-refractivity contribution in [2.75, 3.05) is 7.11 Å². The van der Waals surface area contributed by atoms with Crippen molar-refractivity contribution in [3.63, 3.8) is 0 Å². The summed E-state index contributed by atoms with van der Waals surface area (Å²) in [4.78, 5) is 27.4. The number of aromatic amines is 1. The Kier molecular flexibility index (Phi) is 3.39. The molecule has 0 radical (unpaired) electrons. The molecule has 0 unspecified atom stereocenters. The van der Waals surface area contributed by atoms with E-state index in [1.807, 2.05) is 0 Å². The first-order valence-electron chi connectivity index (χ1n) is 6.19. The molecule has 0 fully saturated rings. The van der Waals surface area contributed by atoms with Crippen LogP contribution in [-0.2, 0) is 0 Å². The molecule has 0 saturated heterocycles. The summed E-state index contributed by atoms with van der Waals surface area (Å²) in [6.45, 7) is 0. The van der Waals surface area contributed by atoms with Gasteiger partial charge in [-0.2, -0.15) is 0 Å². The molecule has 3 rings (SSSR count). The van der Waals surface area contributed by atoms with E-state index in [-0.39, 0.29) is 5.56 Å². The smallest absolute Gasteiger partial charge is 0.333 e. The van der Waals surface area contributed by atoms with Crippen molar-refractivity contribution in [3.8, 4) is 11.4 Å². The van der Waals surface area contributed by atoms with Gasteiger partial charge >= 0.3 is 5.69 Å². The van der Waals surface area contributed by atoms with Crippen molar-refractivity contribution in [1.29, 1.82) is 0 Å². The lowest BCUT2D eigenvalue weighted by Gasteiger charge is -2.07. The third-order valence-electron chi connectivity index (χ3n) is 3.19. The fourth-order valence-corrected chi connectivity index (χ4v) is 2.51. The molecule has 2 aromatic carbocycles. The number of hydrogen-bond donors (Lipinski definition) is 1. The van der Waals surface area contributed by atoms with E-state index in [1.165, 1.54) is 0 Å². The van der Waals surface area contributed by atoms with Gasteiger partial charge in [-0.1, -0.05) is 15.9 Å². The summed E-state index contributed by atoms with van der Waals surface area (Å²) in [6.07, 6.45) is 0. The van der Waals surface area contributed by atoms with E-state index in [2.05, 4.69) is 20.9 Å². The predicted molar refractivity (Wildman–Crippen MR) is 84.4 cm³/mol. The zero-order valence-corrected chi connectivity index (χ0v) is 12.7. The second-order valence-corrected chi connectivity index (χ2v) is 5.37. The van der Waals surface area contributed by atoms with Crippen molar-refractivity contribution in [2.45, 2.75) is 0 Å². The van der Waals surface area contributed by atoms with Gasteiger partial charge in [0, 0.05) is 4.47 Å². The number of H-pyrrole nitrogens is 1. The molecule has 0 bridgehead atoms. The van der Waals surface area contributed by atoms with Crippen LogP contribution in [0.25, 0.3) is 16.6 Å². The highest BCUT2D eigenvalue weighted by molar-refractivity contribution is 9.10. The van der Waals surface area contributed by atoms with Crippen LogP contribution < -0.4 is 16.0 Å².